The molecular formula is C14H14N2O2S. The first-order chi connectivity index (χ1) is 9.24. The van der Waals surface area contributed by atoms with Gasteiger partial charge in [0.1, 0.15) is 11.1 Å². The number of hydrogen-bond acceptors (Lipinski definition) is 4. The van der Waals surface area contributed by atoms with E-state index in [0.717, 1.165) is 23.9 Å². The number of aromatic nitrogens is 1. The first kappa shape index (κ1) is 12.3. The highest BCUT2D eigenvalue weighted by molar-refractivity contribution is 7.80. The van der Waals surface area contributed by atoms with Crippen LogP contribution in [-0.2, 0) is 4.74 Å². The van der Waals surface area contributed by atoms with Gasteiger partial charge in [-0.25, -0.2) is 4.98 Å². The second kappa shape index (κ2) is 5.11. The summed E-state index contributed by atoms with van der Waals surface area (Å²) in [5.41, 5.74) is 7.31. The number of nitrogens with two attached hydrogens (primary N) is 1. The molecule has 1 aromatic heterocycles. The van der Waals surface area contributed by atoms with E-state index < -0.39 is 0 Å². The zero-order chi connectivity index (χ0) is 13.2. The fraction of sp³-hybridized carbons (Fsp3) is 0.286. The summed E-state index contributed by atoms with van der Waals surface area (Å²) in [5, 5.41) is 1.00. The maximum atomic E-state index is 5.87. The Morgan fingerprint density at radius 1 is 1.42 bits per heavy atom. The van der Waals surface area contributed by atoms with Crippen molar-refractivity contribution in [1.82, 2.24) is 4.98 Å². The Morgan fingerprint density at radius 2 is 2.26 bits per heavy atom. The predicted molar refractivity (Wildman–Crippen MR) is 77.5 cm³/mol. The van der Waals surface area contributed by atoms with Crippen LogP contribution in [0.15, 0.2) is 30.3 Å². The number of para-hydroxylation sites is 1. The summed E-state index contributed by atoms with van der Waals surface area (Å²) in [6.45, 7) is 1.31. The molecule has 1 aromatic carbocycles. The van der Waals surface area contributed by atoms with Gasteiger partial charge in [0.25, 0.3) is 0 Å². The molecule has 0 saturated carbocycles. The SMILES string of the molecule is NC(=S)c1cc2ccccc2nc1OC1CCOC1. The molecule has 0 spiro atoms. The molecule has 0 radical (unpaired) electrons. The van der Waals surface area contributed by atoms with Crippen LogP contribution >= 0.6 is 12.2 Å². The van der Waals surface area contributed by atoms with Crippen LogP contribution in [0.3, 0.4) is 0 Å². The number of nitrogens with zero attached hydrogens (tertiary/aromatic N) is 1. The van der Waals surface area contributed by atoms with Gasteiger partial charge in [0.15, 0.2) is 0 Å². The average molecular weight is 274 g/mol. The molecule has 1 aliphatic rings. The van der Waals surface area contributed by atoms with Gasteiger partial charge in [-0.2, -0.15) is 0 Å². The van der Waals surface area contributed by atoms with Crippen LogP contribution < -0.4 is 10.5 Å². The summed E-state index contributed by atoms with van der Waals surface area (Å²) < 4.78 is 11.2. The van der Waals surface area contributed by atoms with Crippen molar-refractivity contribution in [3.63, 3.8) is 0 Å². The van der Waals surface area contributed by atoms with E-state index >= 15 is 0 Å². The number of rotatable bonds is 3. The average Bonchev–Trinajstić information content (AvgIpc) is 2.90. The second-order valence-corrected chi connectivity index (χ2v) is 4.94. The number of thiocarbonyl (C=S) groups is 1. The molecule has 4 nitrogen and oxygen atoms in total. The number of benzene rings is 1. The molecule has 1 aliphatic heterocycles. The molecule has 0 amide bonds. The van der Waals surface area contributed by atoms with E-state index in [9.17, 15) is 0 Å². The van der Waals surface area contributed by atoms with E-state index in [0.29, 0.717) is 23.0 Å². The third-order valence-electron chi connectivity index (χ3n) is 3.12. The molecule has 0 bridgehead atoms. The minimum Gasteiger partial charge on any atom is -0.471 e. The van der Waals surface area contributed by atoms with Crippen molar-refractivity contribution in [3.8, 4) is 5.88 Å². The van der Waals surface area contributed by atoms with Gasteiger partial charge in [-0.05, 0) is 12.1 Å². The van der Waals surface area contributed by atoms with Gasteiger partial charge < -0.3 is 15.2 Å². The molecule has 2 heterocycles. The second-order valence-electron chi connectivity index (χ2n) is 4.50. The third-order valence-corrected chi connectivity index (χ3v) is 3.34. The van der Waals surface area contributed by atoms with Gasteiger partial charge in [0.2, 0.25) is 5.88 Å². The predicted octanol–water partition coefficient (Wildman–Crippen LogP) is 2.04. The molecule has 19 heavy (non-hydrogen) atoms. The van der Waals surface area contributed by atoms with Crippen molar-refractivity contribution in [2.24, 2.45) is 5.73 Å². The van der Waals surface area contributed by atoms with E-state index in [-0.39, 0.29) is 6.10 Å². The quantitative estimate of drug-likeness (QED) is 0.868. The van der Waals surface area contributed by atoms with Crippen molar-refractivity contribution >= 4 is 28.1 Å². The van der Waals surface area contributed by atoms with Crippen LogP contribution in [0.5, 0.6) is 5.88 Å². The van der Waals surface area contributed by atoms with Gasteiger partial charge in [0, 0.05) is 11.8 Å². The van der Waals surface area contributed by atoms with E-state index in [1.54, 1.807) is 0 Å². The van der Waals surface area contributed by atoms with Crippen molar-refractivity contribution < 1.29 is 9.47 Å². The lowest BCUT2D eigenvalue weighted by Gasteiger charge is -2.14. The van der Waals surface area contributed by atoms with E-state index in [1.807, 2.05) is 30.3 Å². The van der Waals surface area contributed by atoms with Crippen LogP contribution in [0, 0.1) is 0 Å². The van der Waals surface area contributed by atoms with Crippen LogP contribution in [0.4, 0.5) is 0 Å². The van der Waals surface area contributed by atoms with E-state index in [1.165, 1.54) is 0 Å². The molecule has 5 heteroatoms. The van der Waals surface area contributed by atoms with Gasteiger partial charge in [0.05, 0.1) is 24.3 Å². The molecule has 2 aromatic rings. The Labute approximate surface area is 116 Å². The molecule has 2 N–H and O–H groups in total. The summed E-state index contributed by atoms with van der Waals surface area (Å²) >= 11 is 5.08. The highest BCUT2D eigenvalue weighted by Crippen LogP contribution is 2.24. The summed E-state index contributed by atoms with van der Waals surface area (Å²) in [7, 11) is 0. The summed E-state index contributed by atoms with van der Waals surface area (Å²) in [5.74, 6) is 0.502. The molecule has 0 aliphatic carbocycles. The van der Waals surface area contributed by atoms with Gasteiger partial charge in [-0.15, -0.1) is 0 Å². The molecule has 1 atom stereocenters. The van der Waals surface area contributed by atoms with Crippen LogP contribution in [0.25, 0.3) is 10.9 Å². The lowest BCUT2D eigenvalue weighted by molar-refractivity contribution is 0.138. The smallest absolute Gasteiger partial charge is 0.224 e. The monoisotopic (exact) mass is 274 g/mol. The van der Waals surface area contributed by atoms with Crippen molar-refractivity contribution in [2.45, 2.75) is 12.5 Å². The van der Waals surface area contributed by atoms with Crippen molar-refractivity contribution in [3.05, 3.63) is 35.9 Å². The van der Waals surface area contributed by atoms with Crippen LogP contribution in [-0.4, -0.2) is 29.3 Å². The topological polar surface area (TPSA) is 57.4 Å². The van der Waals surface area contributed by atoms with Gasteiger partial charge in [-0.1, -0.05) is 30.4 Å². The molecule has 1 fully saturated rings. The third kappa shape index (κ3) is 2.52. The first-order valence-corrected chi connectivity index (χ1v) is 6.59. The zero-order valence-corrected chi connectivity index (χ0v) is 11.2. The Bertz CT molecular complexity index is 624. The zero-order valence-electron chi connectivity index (χ0n) is 10.3. The molecule has 1 unspecified atom stereocenters. The summed E-state index contributed by atoms with van der Waals surface area (Å²) in [4.78, 5) is 4.81. The Balaban J connectivity index is 2.04. The van der Waals surface area contributed by atoms with E-state index in [4.69, 9.17) is 27.4 Å². The number of fused-ring (bicyclic) bond motifs is 1. The molecule has 1 saturated heterocycles. The fourth-order valence-corrected chi connectivity index (χ4v) is 2.27. The fourth-order valence-electron chi connectivity index (χ4n) is 2.13. The minimum absolute atomic E-state index is 0.0294. The maximum Gasteiger partial charge on any atom is 0.224 e. The Kier molecular flexibility index (Phi) is 3.31. The lowest BCUT2D eigenvalue weighted by atomic mass is 10.1. The Morgan fingerprint density at radius 3 is 3.00 bits per heavy atom. The van der Waals surface area contributed by atoms with Gasteiger partial charge >= 0.3 is 0 Å². The van der Waals surface area contributed by atoms with Crippen LogP contribution in [0.1, 0.15) is 12.0 Å². The van der Waals surface area contributed by atoms with Crippen LogP contribution in [0.2, 0.25) is 0 Å². The summed E-state index contributed by atoms with van der Waals surface area (Å²) in [6, 6.07) is 9.75. The molecular weight excluding hydrogens is 260 g/mol. The maximum absolute atomic E-state index is 5.87. The standard InChI is InChI=1S/C14H14N2O2S/c15-13(19)11-7-9-3-1-2-4-12(9)16-14(11)18-10-5-6-17-8-10/h1-4,7,10H,5-6,8H2,(H2,15,19). The minimum atomic E-state index is 0.0294. The number of ether oxygens (including phenoxy) is 2. The lowest BCUT2D eigenvalue weighted by Crippen LogP contribution is -2.20. The Hall–Kier alpha value is -1.72. The number of hydrogen-bond donors (Lipinski definition) is 1. The highest BCUT2D eigenvalue weighted by Gasteiger charge is 2.20. The van der Waals surface area contributed by atoms with Crippen molar-refractivity contribution in [1.29, 1.82) is 0 Å². The largest absolute Gasteiger partial charge is 0.471 e. The number of pyridine rings is 1. The first-order valence-electron chi connectivity index (χ1n) is 6.18. The highest BCUT2D eigenvalue weighted by atomic mass is 32.1. The van der Waals surface area contributed by atoms with E-state index in [2.05, 4.69) is 4.98 Å². The summed E-state index contributed by atoms with van der Waals surface area (Å²) in [6.07, 6.45) is 0.896. The molecule has 98 valence electrons. The van der Waals surface area contributed by atoms with Gasteiger partial charge in [-0.3, -0.25) is 0 Å². The normalized spacial score (nSPS) is 18.6. The molecule has 3 rings (SSSR count). The van der Waals surface area contributed by atoms with Crippen molar-refractivity contribution in [2.75, 3.05) is 13.2 Å².